The number of nitrogens with zero attached hydrogens (tertiary/aromatic N) is 1. The highest BCUT2D eigenvalue weighted by atomic mass is 16.5. The fourth-order valence-corrected chi connectivity index (χ4v) is 2.54. The number of fused-ring (bicyclic) bond motifs is 1. The molecule has 0 atom stereocenters. The Hall–Kier alpha value is -2.10. The highest BCUT2D eigenvalue weighted by Gasteiger charge is 2.19. The van der Waals surface area contributed by atoms with Gasteiger partial charge in [0.25, 0.3) is 0 Å². The van der Waals surface area contributed by atoms with Gasteiger partial charge in [0.15, 0.2) is 5.69 Å². The van der Waals surface area contributed by atoms with Crippen molar-refractivity contribution in [1.82, 2.24) is 4.98 Å². The van der Waals surface area contributed by atoms with Crippen LogP contribution in [-0.2, 0) is 0 Å². The summed E-state index contributed by atoms with van der Waals surface area (Å²) in [4.78, 5) is 15.2. The zero-order valence-corrected chi connectivity index (χ0v) is 10.5. The van der Waals surface area contributed by atoms with E-state index in [9.17, 15) is 4.79 Å². The van der Waals surface area contributed by atoms with Crippen molar-refractivity contribution in [2.24, 2.45) is 0 Å². The van der Waals surface area contributed by atoms with Crippen LogP contribution in [0.4, 0.5) is 0 Å². The molecule has 0 radical (unpaired) electrons. The summed E-state index contributed by atoms with van der Waals surface area (Å²) in [5.74, 6) is -0.392. The minimum Gasteiger partial charge on any atom is -0.490 e. The van der Waals surface area contributed by atoms with Crippen molar-refractivity contribution >= 4 is 16.9 Å². The number of aromatic nitrogens is 1. The molecule has 0 aliphatic heterocycles. The van der Waals surface area contributed by atoms with Gasteiger partial charge in [0, 0.05) is 11.5 Å². The van der Waals surface area contributed by atoms with Crippen LogP contribution in [0.2, 0.25) is 0 Å². The first-order valence-corrected chi connectivity index (χ1v) is 6.54. The van der Waals surface area contributed by atoms with Gasteiger partial charge in [-0.2, -0.15) is 0 Å². The van der Waals surface area contributed by atoms with Gasteiger partial charge in [-0.25, -0.2) is 9.78 Å². The van der Waals surface area contributed by atoms with Crippen molar-refractivity contribution in [3.05, 3.63) is 36.0 Å². The summed E-state index contributed by atoms with van der Waals surface area (Å²) in [7, 11) is 0. The Labute approximate surface area is 111 Å². The summed E-state index contributed by atoms with van der Waals surface area (Å²) in [5.41, 5.74) is 0.696. The first-order valence-electron chi connectivity index (χ1n) is 6.54. The van der Waals surface area contributed by atoms with Gasteiger partial charge in [-0.15, -0.1) is 0 Å². The van der Waals surface area contributed by atoms with Crippen LogP contribution in [0.25, 0.3) is 10.9 Å². The van der Waals surface area contributed by atoms with E-state index >= 15 is 0 Å². The van der Waals surface area contributed by atoms with Crippen molar-refractivity contribution in [1.29, 1.82) is 0 Å². The normalized spacial score (nSPS) is 15.8. The van der Waals surface area contributed by atoms with E-state index in [0.29, 0.717) is 11.3 Å². The van der Waals surface area contributed by atoms with E-state index in [1.165, 1.54) is 18.9 Å². The smallest absolute Gasteiger partial charge is 0.354 e. The lowest BCUT2D eigenvalue weighted by Crippen LogP contribution is -2.12. The minimum atomic E-state index is -1.03. The van der Waals surface area contributed by atoms with E-state index < -0.39 is 5.97 Å². The molecule has 19 heavy (non-hydrogen) atoms. The van der Waals surface area contributed by atoms with Gasteiger partial charge >= 0.3 is 5.97 Å². The maximum absolute atomic E-state index is 11.1. The van der Waals surface area contributed by atoms with Crippen LogP contribution in [-0.4, -0.2) is 22.2 Å². The van der Waals surface area contributed by atoms with Gasteiger partial charge in [-0.1, -0.05) is 12.1 Å². The summed E-state index contributed by atoms with van der Waals surface area (Å²) in [5, 5.41) is 9.99. The van der Waals surface area contributed by atoms with E-state index in [2.05, 4.69) is 4.98 Å². The molecule has 2 aromatic rings. The number of benzene rings is 1. The SMILES string of the molecule is O=C(O)c1cc(OC2CCCC2)c2ccccc2n1. The first-order chi connectivity index (χ1) is 9.24. The van der Waals surface area contributed by atoms with E-state index in [4.69, 9.17) is 9.84 Å². The Morgan fingerprint density at radius 3 is 2.74 bits per heavy atom. The van der Waals surface area contributed by atoms with Crippen LogP contribution in [0, 0.1) is 0 Å². The largest absolute Gasteiger partial charge is 0.490 e. The Balaban J connectivity index is 2.06. The van der Waals surface area contributed by atoms with Crippen molar-refractivity contribution in [2.45, 2.75) is 31.8 Å². The zero-order chi connectivity index (χ0) is 13.2. The molecule has 1 fully saturated rings. The summed E-state index contributed by atoms with van der Waals surface area (Å²) >= 11 is 0. The Kier molecular flexibility index (Phi) is 3.07. The Morgan fingerprint density at radius 2 is 2.00 bits per heavy atom. The van der Waals surface area contributed by atoms with Crippen molar-refractivity contribution in [3.63, 3.8) is 0 Å². The summed E-state index contributed by atoms with van der Waals surface area (Å²) in [6, 6.07) is 9.01. The highest BCUT2D eigenvalue weighted by Crippen LogP contribution is 2.30. The van der Waals surface area contributed by atoms with Gasteiger partial charge in [0.05, 0.1) is 11.6 Å². The standard InChI is InChI=1S/C15H15NO3/c17-15(18)13-9-14(19-10-5-1-2-6-10)11-7-3-4-8-12(11)16-13/h3-4,7-10H,1-2,5-6H2,(H,17,18). The lowest BCUT2D eigenvalue weighted by Gasteiger charge is -2.15. The Bertz CT molecular complexity index is 618. The topological polar surface area (TPSA) is 59.4 Å². The number of hydrogen-bond acceptors (Lipinski definition) is 3. The maximum Gasteiger partial charge on any atom is 0.354 e. The molecule has 0 saturated heterocycles. The number of aromatic carboxylic acids is 1. The van der Waals surface area contributed by atoms with Crippen molar-refractivity contribution in [2.75, 3.05) is 0 Å². The minimum absolute atomic E-state index is 0.0340. The highest BCUT2D eigenvalue weighted by molar-refractivity contribution is 5.93. The number of carbonyl (C=O) groups is 1. The van der Waals surface area contributed by atoms with Crippen LogP contribution in [0.3, 0.4) is 0 Å². The summed E-state index contributed by atoms with van der Waals surface area (Å²) < 4.78 is 5.98. The molecule has 1 N–H and O–H groups in total. The molecule has 1 aromatic carbocycles. The van der Waals surface area contributed by atoms with E-state index in [1.807, 2.05) is 24.3 Å². The summed E-state index contributed by atoms with van der Waals surface area (Å²) in [6.07, 6.45) is 4.64. The van der Waals surface area contributed by atoms with Gasteiger partial charge < -0.3 is 9.84 Å². The molecule has 0 amide bonds. The van der Waals surface area contributed by atoms with Crippen molar-refractivity contribution < 1.29 is 14.6 Å². The lowest BCUT2D eigenvalue weighted by molar-refractivity contribution is 0.0690. The second-order valence-corrected chi connectivity index (χ2v) is 4.85. The zero-order valence-electron chi connectivity index (χ0n) is 10.5. The first kappa shape index (κ1) is 12.0. The molecule has 98 valence electrons. The molecule has 1 heterocycles. The van der Waals surface area contributed by atoms with Gasteiger partial charge in [0.1, 0.15) is 5.75 Å². The van der Waals surface area contributed by atoms with Crippen LogP contribution in [0.1, 0.15) is 36.2 Å². The second kappa shape index (κ2) is 4.88. The third-order valence-corrected chi connectivity index (χ3v) is 3.49. The van der Waals surface area contributed by atoms with Gasteiger partial charge in [-0.05, 0) is 37.8 Å². The third kappa shape index (κ3) is 2.38. The average Bonchev–Trinajstić information content (AvgIpc) is 2.91. The molecular formula is C15H15NO3. The fraction of sp³-hybridized carbons (Fsp3) is 0.333. The van der Waals surface area contributed by atoms with Gasteiger partial charge in [-0.3, -0.25) is 0 Å². The predicted molar refractivity (Wildman–Crippen MR) is 71.6 cm³/mol. The number of carboxylic acid groups (broad SMARTS) is 1. The Morgan fingerprint density at radius 1 is 1.26 bits per heavy atom. The molecule has 1 saturated carbocycles. The van der Waals surface area contributed by atoms with Crippen LogP contribution in [0.15, 0.2) is 30.3 Å². The number of hydrogen-bond donors (Lipinski definition) is 1. The molecule has 1 aromatic heterocycles. The predicted octanol–water partition coefficient (Wildman–Crippen LogP) is 3.25. The molecular weight excluding hydrogens is 242 g/mol. The molecule has 0 spiro atoms. The lowest BCUT2D eigenvalue weighted by atomic mass is 10.1. The maximum atomic E-state index is 11.1. The number of para-hydroxylation sites is 1. The molecule has 4 heteroatoms. The van der Waals surface area contributed by atoms with E-state index in [-0.39, 0.29) is 11.8 Å². The number of rotatable bonds is 3. The number of carboxylic acids is 1. The van der Waals surface area contributed by atoms with Gasteiger partial charge in [0.2, 0.25) is 0 Å². The molecule has 3 rings (SSSR count). The van der Waals surface area contributed by atoms with Crippen molar-refractivity contribution in [3.8, 4) is 5.75 Å². The molecule has 4 nitrogen and oxygen atoms in total. The monoisotopic (exact) mass is 257 g/mol. The van der Waals surface area contributed by atoms with Crippen LogP contribution >= 0.6 is 0 Å². The summed E-state index contributed by atoms with van der Waals surface area (Å²) in [6.45, 7) is 0. The average molecular weight is 257 g/mol. The van der Waals surface area contributed by atoms with Crippen LogP contribution < -0.4 is 4.74 Å². The van der Waals surface area contributed by atoms with E-state index in [0.717, 1.165) is 18.2 Å². The number of pyridine rings is 1. The molecule has 1 aliphatic carbocycles. The number of ether oxygens (including phenoxy) is 1. The molecule has 0 unspecified atom stereocenters. The molecule has 1 aliphatic rings. The second-order valence-electron chi connectivity index (χ2n) is 4.85. The third-order valence-electron chi connectivity index (χ3n) is 3.49. The molecule has 0 bridgehead atoms. The van der Waals surface area contributed by atoms with Crippen LogP contribution in [0.5, 0.6) is 5.75 Å². The fourth-order valence-electron chi connectivity index (χ4n) is 2.54. The van der Waals surface area contributed by atoms with E-state index in [1.54, 1.807) is 0 Å². The quantitative estimate of drug-likeness (QED) is 0.916.